The lowest BCUT2D eigenvalue weighted by atomic mass is 10.4. The van der Waals surface area contributed by atoms with Crippen molar-refractivity contribution >= 4 is 10.2 Å². The average molecular weight is 232 g/mol. The van der Waals surface area contributed by atoms with E-state index in [1.165, 1.54) is 4.72 Å². The van der Waals surface area contributed by atoms with Crippen LogP contribution in [0.25, 0.3) is 0 Å². The van der Waals surface area contributed by atoms with Gasteiger partial charge in [0.05, 0.1) is 0 Å². The van der Waals surface area contributed by atoms with Crippen LogP contribution in [0.2, 0.25) is 0 Å². The van der Waals surface area contributed by atoms with E-state index >= 15 is 0 Å². The Morgan fingerprint density at radius 3 is 2.14 bits per heavy atom. The second kappa shape index (κ2) is 4.03. The molecule has 0 aliphatic carbocycles. The molecule has 0 bridgehead atoms. The summed E-state index contributed by atoms with van der Waals surface area (Å²) in [5.41, 5.74) is 0. The van der Waals surface area contributed by atoms with Crippen molar-refractivity contribution in [2.45, 2.75) is 19.0 Å². The zero-order chi connectivity index (χ0) is 10.8. The van der Waals surface area contributed by atoms with Crippen LogP contribution in [-0.4, -0.2) is 38.5 Å². The van der Waals surface area contributed by atoms with Crippen LogP contribution in [0.4, 0.5) is 13.2 Å². The fraction of sp³-hybridized carbons (Fsp3) is 1.00. The number of halogens is 3. The first-order chi connectivity index (χ1) is 6.31. The minimum atomic E-state index is -4.51. The highest BCUT2D eigenvalue weighted by atomic mass is 32.2. The third-order valence-corrected chi connectivity index (χ3v) is 3.41. The van der Waals surface area contributed by atoms with Gasteiger partial charge in [0.15, 0.2) is 0 Å². The van der Waals surface area contributed by atoms with E-state index in [9.17, 15) is 21.6 Å². The highest BCUT2D eigenvalue weighted by Crippen LogP contribution is 2.15. The molecule has 1 fully saturated rings. The summed E-state index contributed by atoms with van der Waals surface area (Å²) in [4.78, 5) is 0. The molecule has 0 spiro atoms. The molecule has 0 aromatic carbocycles. The van der Waals surface area contributed by atoms with Gasteiger partial charge in [-0.3, -0.25) is 0 Å². The maximum atomic E-state index is 11.7. The first kappa shape index (κ1) is 11.7. The van der Waals surface area contributed by atoms with Gasteiger partial charge in [-0.05, 0) is 12.8 Å². The number of hydrogen-bond donors (Lipinski definition) is 1. The molecule has 0 aromatic heterocycles. The van der Waals surface area contributed by atoms with Crippen LogP contribution >= 0.6 is 0 Å². The highest BCUT2D eigenvalue weighted by Gasteiger charge is 2.32. The van der Waals surface area contributed by atoms with Crippen LogP contribution in [0.5, 0.6) is 0 Å². The van der Waals surface area contributed by atoms with Gasteiger partial charge in [0.1, 0.15) is 6.54 Å². The summed E-state index contributed by atoms with van der Waals surface area (Å²) in [6.45, 7) is -0.911. The Kier molecular flexibility index (Phi) is 3.38. The molecule has 1 N–H and O–H groups in total. The van der Waals surface area contributed by atoms with Crippen molar-refractivity contribution in [2.24, 2.45) is 0 Å². The summed E-state index contributed by atoms with van der Waals surface area (Å²) in [6.07, 6.45) is -3.10. The summed E-state index contributed by atoms with van der Waals surface area (Å²) in [7, 11) is -3.93. The monoisotopic (exact) mass is 232 g/mol. The molecule has 14 heavy (non-hydrogen) atoms. The van der Waals surface area contributed by atoms with Crippen LogP contribution < -0.4 is 4.72 Å². The third-order valence-electron chi connectivity index (χ3n) is 1.86. The Morgan fingerprint density at radius 1 is 1.21 bits per heavy atom. The van der Waals surface area contributed by atoms with Crippen LogP contribution in [0, 0.1) is 0 Å². The Morgan fingerprint density at radius 2 is 1.71 bits per heavy atom. The summed E-state index contributed by atoms with van der Waals surface area (Å²) in [5.74, 6) is 0. The highest BCUT2D eigenvalue weighted by molar-refractivity contribution is 7.87. The molecular weight excluding hydrogens is 221 g/mol. The molecule has 8 heteroatoms. The van der Waals surface area contributed by atoms with Crippen LogP contribution in [-0.2, 0) is 10.2 Å². The van der Waals surface area contributed by atoms with Crippen molar-refractivity contribution in [3.63, 3.8) is 0 Å². The van der Waals surface area contributed by atoms with Crippen molar-refractivity contribution in [3.05, 3.63) is 0 Å². The predicted octanol–water partition coefficient (Wildman–Crippen LogP) is 0.479. The van der Waals surface area contributed by atoms with Crippen LogP contribution in [0.1, 0.15) is 12.8 Å². The maximum Gasteiger partial charge on any atom is 0.402 e. The summed E-state index contributed by atoms with van der Waals surface area (Å²) >= 11 is 0. The van der Waals surface area contributed by atoms with E-state index in [1.54, 1.807) is 0 Å². The lowest BCUT2D eigenvalue weighted by molar-refractivity contribution is -0.121. The molecular formula is C6H11F3N2O2S. The van der Waals surface area contributed by atoms with Crippen molar-refractivity contribution < 1.29 is 21.6 Å². The van der Waals surface area contributed by atoms with Crippen LogP contribution in [0.3, 0.4) is 0 Å². The number of alkyl halides is 3. The molecule has 1 rings (SSSR count). The van der Waals surface area contributed by atoms with Crippen molar-refractivity contribution in [3.8, 4) is 0 Å². The SMILES string of the molecule is O=S(=O)(NCC(F)(F)F)N1CCCC1. The summed E-state index contributed by atoms with van der Waals surface area (Å²) in [5, 5.41) is 0. The van der Waals surface area contributed by atoms with Gasteiger partial charge in [-0.1, -0.05) is 0 Å². The van der Waals surface area contributed by atoms with Gasteiger partial charge in [-0.25, -0.2) is 0 Å². The van der Waals surface area contributed by atoms with Gasteiger partial charge in [0.25, 0.3) is 10.2 Å². The summed E-state index contributed by atoms with van der Waals surface area (Å²) in [6, 6.07) is 0. The van der Waals surface area contributed by atoms with E-state index in [4.69, 9.17) is 0 Å². The van der Waals surface area contributed by atoms with Gasteiger partial charge in [-0.2, -0.15) is 30.6 Å². The van der Waals surface area contributed by atoms with Gasteiger partial charge in [-0.15, -0.1) is 0 Å². The largest absolute Gasteiger partial charge is 0.402 e. The number of hydrogen-bond acceptors (Lipinski definition) is 2. The van der Waals surface area contributed by atoms with Crippen LogP contribution in [0.15, 0.2) is 0 Å². The minimum Gasteiger partial charge on any atom is -0.195 e. The van der Waals surface area contributed by atoms with Gasteiger partial charge < -0.3 is 0 Å². The predicted molar refractivity (Wildman–Crippen MR) is 43.8 cm³/mol. The zero-order valence-corrected chi connectivity index (χ0v) is 8.16. The van der Waals surface area contributed by atoms with Gasteiger partial charge in [0.2, 0.25) is 0 Å². The van der Waals surface area contributed by atoms with Crippen molar-refractivity contribution in [2.75, 3.05) is 19.6 Å². The molecule has 0 radical (unpaired) electrons. The van der Waals surface area contributed by atoms with E-state index in [1.807, 2.05) is 0 Å². The van der Waals surface area contributed by atoms with E-state index in [0.29, 0.717) is 25.9 Å². The quantitative estimate of drug-likeness (QED) is 0.769. The molecule has 0 unspecified atom stereocenters. The molecule has 84 valence electrons. The molecule has 0 aromatic rings. The number of rotatable bonds is 3. The molecule has 1 saturated heterocycles. The standard InChI is InChI=1S/C6H11F3N2O2S/c7-6(8,9)5-10-14(12,13)11-3-1-2-4-11/h10H,1-5H2. The first-order valence-electron chi connectivity index (χ1n) is 4.13. The lowest BCUT2D eigenvalue weighted by Crippen LogP contribution is -2.42. The molecule has 0 saturated carbocycles. The van der Waals surface area contributed by atoms with E-state index in [2.05, 4.69) is 0 Å². The summed E-state index contributed by atoms with van der Waals surface area (Å²) < 4.78 is 60.1. The second-order valence-electron chi connectivity index (χ2n) is 3.05. The number of nitrogens with one attached hydrogen (secondary N) is 1. The topological polar surface area (TPSA) is 49.4 Å². The van der Waals surface area contributed by atoms with E-state index < -0.39 is 22.9 Å². The fourth-order valence-corrected chi connectivity index (χ4v) is 2.46. The maximum absolute atomic E-state index is 11.7. The van der Waals surface area contributed by atoms with Crippen molar-refractivity contribution in [1.82, 2.24) is 9.03 Å². The van der Waals surface area contributed by atoms with E-state index in [-0.39, 0.29) is 0 Å². The Hall–Kier alpha value is -0.340. The Labute approximate surface area is 80.3 Å². The Bertz CT molecular complexity index is 282. The lowest BCUT2D eigenvalue weighted by Gasteiger charge is -2.16. The first-order valence-corrected chi connectivity index (χ1v) is 5.57. The normalized spacial score (nSPS) is 20.2. The van der Waals surface area contributed by atoms with Gasteiger partial charge >= 0.3 is 6.18 Å². The van der Waals surface area contributed by atoms with E-state index in [0.717, 1.165) is 4.31 Å². The molecule has 1 aliphatic rings. The second-order valence-corrected chi connectivity index (χ2v) is 4.80. The molecule has 4 nitrogen and oxygen atoms in total. The molecule has 1 aliphatic heterocycles. The minimum absolute atomic E-state index is 0.299. The molecule has 0 amide bonds. The molecule has 0 atom stereocenters. The molecule has 1 heterocycles. The Balaban J connectivity index is 2.50. The third kappa shape index (κ3) is 3.43. The van der Waals surface area contributed by atoms with Crippen molar-refractivity contribution in [1.29, 1.82) is 0 Å². The van der Waals surface area contributed by atoms with Gasteiger partial charge in [0, 0.05) is 13.1 Å². The smallest absolute Gasteiger partial charge is 0.195 e. The number of nitrogens with zero attached hydrogens (tertiary/aromatic N) is 1. The zero-order valence-electron chi connectivity index (χ0n) is 7.34. The average Bonchev–Trinajstić information content (AvgIpc) is 2.52. The fourth-order valence-electron chi connectivity index (χ4n) is 1.19.